The molecule has 17 heavy (non-hydrogen) atoms. The molecule has 1 amide bonds. The van der Waals surface area contributed by atoms with Gasteiger partial charge in [0.05, 0.1) is 0 Å². The molecular formula is C15H21NO. The van der Waals surface area contributed by atoms with E-state index < -0.39 is 0 Å². The van der Waals surface area contributed by atoms with Gasteiger partial charge in [0.2, 0.25) is 5.91 Å². The molecule has 0 atom stereocenters. The maximum Gasteiger partial charge on any atom is 0.227 e. The van der Waals surface area contributed by atoms with Crippen LogP contribution in [0.3, 0.4) is 0 Å². The second-order valence-electron chi connectivity index (χ2n) is 5.35. The fourth-order valence-corrected chi connectivity index (χ4v) is 2.09. The number of amides is 1. The quantitative estimate of drug-likeness (QED) is 0.841. The number of nitrogens with one attached hydrogen (secondary N) is 1. The predicted molar refractivity (Wildman–Crippen MR) is 71.2 cm³/mol. The average molecular weight is 231 g/mol. The van der Waals surface area contributed by atoms with Crippen LogP contribution in [-0.2, 0) is 4.79 Å². The molecule has 0 bridgehead atoms. The normalized spacial score (nSPS) is 15.8. The van der Waals surface area contributed by atoms with E-state index in [1.807, 2.05) is 6.07 Å². The summed E-state index contributed by atoms with van der Waals surface area (Å²) in [7, 11) is 0. The van der Waals surface area contributed by atoms with Crippen molar-refractivity contribution in [3.05, 3.63) is 29.3 Å². The van der Waals surface area contributed by atoms with E-state index in [9.17, 15) is 4.79 Å². The van der Waals surface area contributed by atoms with Crippen LogP contribution >= 0.6 is 0 Å². The Balaban J connectivity index is 2.08. The van der Waals surface area contributed by atoms with Crippen LogP contribution in [0.25, 0.3) is 0 Å². The largest absolute Gasteiger partial charge is 0.326 e. The van der Waals surface area contributed by atoms with E-state index in [0.717, 1.165) is 24.1 Å². The zero-order valence-electron chi connectivity index (χ0n) is 10.9. The lowest BCUT2D eigenvalue weighted by Crippen LogP contribution is -2.28. The predicted octanol–water partition coefficient (Wildman–Crippen LogP) is 3.86. The topological polar surface area (TPSA) is 29.1 Å². The second kappa shape index (κ2) is 4.91. The molecule has 1 aliphatic rings. The van der Waals surface area contributed by atoms with Gasteiger partial charge in [-0.1, -0.05) is 32.4 Å². The van der Waals surface area contributed by atoms with Gasteiger partial charge in [0.15, 0.2) is 0 Å². The van der Waals surface area contributed by atoms with Crippen molar-refractivity contribution in [3.8, 4) is 0 Å². The summed E-state index contributed by atoms with van der Waals surface area (Å²) in [4.78, 5) is 11.9. The van der Waals surface area contributed by atoms with Crippen molar-refractivity contribution in [1.82, 2.24) is 0 Å². The molecule has 0 heterocycles. The highest BCUT2D eigenvalue weighted by molar-refractivity contribution is 5.93. The number of aryl methyl sites for hydroxylation is 1. The molecule has 1 aliphatic carbocycles. The van der Waals surface area contributed by atoms with Crippen molar-refractivity contribution < 1.29 is 4.79 Å². The molecule has 0 spiro atoms. The summed E-state index contributed by atoms with van der Waals surface area (Å²) in [5.74, 6) is 0.973. The summed E-state index contributed by atoms with van der Waals surface area (Å²) in [6.07, 6.45) is 3.30. The minimum atomic E-state index is 0.191. The van der Waals surface area contributed by atoms with Gasteiger partial charge >= 0.3 is 0 Å². The summed E-state index contributed by atoms with van der Waals surface area (Å²) in [6, 6.07) is 6.30. The lowest BCUT2D eigenvalue weighted by atomic mass is 9.84. The van der Waals surface area contributed by atoms with E-state index in [1.165, 1.54) is 12.0 Å². The Labute approximate surface area is 103 Å². The van der Waals surface area contributed by atoms with Gasteiger partial charge in [-0.15, -0.1) is 0 Å². The van der Waals surface area contributed by atoms with Crippen LogP contribution in [0.15, 0.2) is 18.2 Å². The van der Waals surface area contributed by atoms with Gasteiger partial charge in [0.1, 0.15) is 0 Å². The van der Waals surface area contributed by atoms with Crippen LogP contribution in [0.2, 0.25) is 0 Å². The number of hydrogen-bond donors (Lipinski definition) is 1. The molecule has 0 radical (unpaired) electrons. The Morgan fingerprint density at radius 2 is 2.06 bits per heavy atom. The van der Waals surface area contributed by atoms with Crippen molar-refractivity contribution in [2.75, 3.05) is 5.32 Å². The van der Waals surface area contributed by atoms with Crippen LogP contribution < -0.4 is 5.32 Å². The van der Waals surface area contributed by atoms with Gasteiger partial charge in [-0.3, -0.25) is 4.79 Å². The molecule has 1 aromatic carbocycles. The number of rotatable bonds is 3. The Kier molecular flexibility index (Phi) is 3.51. The summed E-state index contributed by atoms with van der Waals surface area (Å²) in [5, 5.41) is 3.04. The van der Waals surface area contributed by atoms with Gasteiger partial charge in [-0.05, 0) is 42.9 Å². The molecular weight excluding hydrogens is 210 g/mol. The Hall–Kier alpha value is -1.31. The first-order chi connectivity index (χ1) is 8.08. The minimum absolute atomic E-state index is 0.191. The number of carbonyl (C=O) groups is 1. The summed E-state index contributed by atoms with van der Waals surface area (Å²) >= 11 is 0. The van der Waals surface area contributed by atoms with E-state index in [0.29, 0.717) is 5.92 Å². The van der Waals surface area contributed by atoms with Gasteiger partial charge in [0.25, 0.3) is 0 Å². The van der Waals surface area contributed by atoms with E-state index in [-0.39, 0.29) is 11.8 Å². The summed E-state index contributed by atoms with van der Waals surface area (Å²) in [6.45, 7) is 6.42. The number of anilines is 1. The second-order valence-corrected chi connectivity index (χ2v) is 5.35. The molecule has 0 saturated heterocycles. The highest BCUT2D eigenvalue weighted by Crippen LogP contribution is 2.28. The third kappa shape index (κ3) is 2.68. The zero-order chi connectivity index (χ0) is 12.4. The molecule has 1 N–H and O–H groups in total. The van der Waals surface area contributed by atoms with Crippen molar-refractivity contribution in [3.63, 3.8) is 0 Å². The molecule has 0 unspecified atom stereocenters. The molecule has 0 aromatic heterocycles. The Morgan fingerprint density at radius 1 is 1.35 bits per heavy atom. The van der Waals surface area contributed by atoms with Crippen LogP contribution in [0.5, 0.6) is 0 Å². The number of hydrogen-bond acceptors (Lipinski definition) is 1. The third-order valence-electron chi connectivity index (χ3n) is 3.65. The molecule has 2 heteroatoms. The summed E-state index contributed by atoms with van der Waals surface area (Å²) in [5.41, 5.74) is 3.44. The molecule has 1 aromatic rings. The van der Waals surface area contributed by atoms with Crippen molar-refractivity contribution in [1.29, 1.82) is 0 Å². The van der Waals surface area contributed by atoms with Gasteiger partial charge < -0.3 is 5.32 Å². The molecule has 0 aliphatic heterocycles. The first-order valence-corrected chi connectivity index (χ1v) is 6.49. The molecule has 92 valence electrons. The highest BCUT2D eigenvalue weighted by atomic mass is 16.1. The van der Waals surface area contributed by atoms with Crippen LogP contribution in [-0.4, -0.2) is 5.91 Å². The van der Waals surface area contributed by atoms with Crippen LogP contribution in [0, 0.1) is 12.8 Å². The third-order valence-corrected chi connectivity index (χ3v) is 3.65. The molecule has 2 rings (SSSR count). The standard InChI is InChI=1S/C15H21NO/c1-10(2)13-7-8-14(11(3)9-13)16-15(17)12-5-4-6-12/h7-10,12H,4-6H2,1-3H3,(H,16,17). The highest BCUT2D eigenvalue weighted by Gasteiger charge is 2.25. The lowest BCUT2D eigenvalue weighted by Gasteiger charge is -2.24. The Morgan fingerprint density at radius 3 is 2.53 bits per heavy atom. The minimum Gasteiger partial charge on any atom is -0.326 e. The number of benzene rings is 1. The maximum absolute atomic E-state index is 11.9. The lowest BCUT2D eigenvalue weighted by molar-refractivity contribution is -0.122. The van der Waals surface area contributed by atoms with Gasteiger partial charge in [-0.25, -0.2) is 0 Å². The van der Waals surface area contributed by atoms with Gasteiger partial charge in [-0.2, -0.15) is 0 Å². The van der Waals surface area contributed by atoms with Gasteiger partial charge in [0, 0.05) is 11.6 Å². The average Bonchev–Trinajstić information content (AvgIpc) is 2.18. The first-order valence-electron chi connectivity index (χ1n) is 6.49. The van der Waals surface area contributed by atoms with Crippen molar-refractivity contribution >= 4 is 11.6 Å². The maximum atomic E-state index is 11.9. The SMILES string of the molecule is Cc1cc(C(C)C)ccc1NC(=O)C1CCC1. The summed E-state index contributed by atoms with van der Waals surface area (Å²) < 4.78 is 0. The molecule has 1 fully saturated rings. The fourth-order valence-electron chi connectivity index (χ4n) is 2.09. The smallest absolute Gasteiger partial charge is 0.227 e. The van der Waals surface area contributed by atoms with Crippen LogP contribution in [0.4, 0.5) is 5.69 Å². The van der Waals surface area contributed by atoms with Crippen molar-refractivity contribution in [2.45, 2.75) is 46.0 Å². The number of carbonyl (C=O) groups excluding carboxylic acids is 1. The van der Waals surface area contributed by atoms with E-state index >= 15 is 0 Å². The van der Waals surface area contributed by atoms with E-state index in [4.69, 9.17) is 0 Å². The molecule has 2 nitrogen and oxygen atoms in total. The molecule has 1 saturated carbocycles. The van der Waals surface area contributed by atoms with E-state index in [2.05, 4.69) is 38.2 Å². The monoisotopic (exact) mass is 231 g/mol. The Bertz CT molecular complexity index is 419. The first kappa shape index (κ1) is 12.2. The van der Waals surface area contributed by atoms with Crippen molar-refractivity contribution in [2.24, 2.45) is 5.92 Å². The van der Waals surface area contributed by atoms with E-state index in [1.54, 1.807) is 0 Å². The zero-order valence-corrected chi connectivity index (χ0v) is 10.9. The fraction of sp³-hybridized carbons (Fsp3) is 0.533. The van der Waals surface area contributed by atoms with Crippen LogP contribution in [0.1, 0.15) is 50.2 Å².